The molecular weight excluding hydrogens is 342 g/mol. The normalized spacial score (nSPS) is 11.5. The first-order valence-electron chi connectivity index (χ1n) is 7.33. The molecule has 2 aromatic rings. The Hall–Kier alpha value is -2.17. The largest absolute Gasteiger partial charge is 0.618 e. The number of rotatable bonds is 7. The Bertz CT molecular complexity index is 747. The SMILES string of the molecule is CC(CC#N)Sc1ccccc1NC(=O)CSc1cccc[n+]1[O-]. The number of hydrogen-bond acceptors (Lipinski definition) is 5. The molecule has 0 fully saturated rings. The summed E-state index contributed by atoms with van der Waals surface area (Å²) in [5.74, 6) is -0.0243. The van der Waals surface area contributed by atoms with Crippen molar-refractivity contribution < 1.29 is 9.52 Å². The van der Waals surface area contributed by atoms with E-state index in [2.05, 4.69) is 11.4 Å². The van der Waals surface area contributed by atoms with Gasteiger partial charge in [-0.1, -0.05) is 19.1 Å². The summed E-state index contributed by atoms with van der Waals surface area (Å²) in [6.07, 6.45) is 1.85. The van der Waals surface area contributed by atoms with Crippen molar-refractivity contribution in [3.63, 3.8) is 0 Å². The van der Waals surface area contributed by atoms with E-state index in [0.717, 1.165) is 15.3 Å². The maximum Gasteiger partial charge on any atom is 0.251 e. The highest BCUT2D eigenvalue weighted by Crippen LogP contribution is 2.31. The van der Waals surface area contributed by atoms with Crippen LogP contribution in [0.25, 0.3) is 0 Å². The topological polar surface area (TPSA) is 79.8 Å². The molecule has 0 saturated carbocycles. The van der Waals surface area contributed by atoms with Crippen molar-refractivity contribution in [2.75, 3.05) is 11.1 Å². The molecule has 1 unspecified atom stereocenters. The van der Waals surface area contributed by atoms with Crippen molar-refractivity contribution in [3.8, 4) is 6.07 Å². The Balaban J connectivity index is 1.96. The standard InChI is InChI=1S/C17H17N3O2S2/c1-13(9-10-18)24-15-7-3-2-6-14(15)19-16(21)12-23-17-8-4-5-11-20(17)22/h2-8,11,13H,9,12H2,1H3,(H,19,21). The van der Waals surface area contributed by atoms with Crippen LogP contribution < -0.4 is 10.0 Å². The lowest BCUT2D eigenvalue weighted by molar-refractivity contribution is -0.645. The molecule has 1 amide bonds. The van der Waals surface area contributed by atoms with Gasteiger partial charge in [0.15, 0.2) is 6.20 Å². The van der Waals surface area contributed by atoms with E-state index in [4.69, 9.17) is 5.26 Å². The summed E-state index contributed by atoms with van der Waals surface area (Å²) in [6.45, 7) is 1.98. The minimum Gasteiger partial charge on any atom is -0.618 e. The fourth-order valence-corrected chi connectivity index (χ4v) is 3.62. The van der Waals surface area contributed by atoms with E-state index in [9.17, 15) is 10.0 Å². The Morgan fingerprint density at radius 3 is 2.83 bits per heavy atom. The van der Waals surface area contributed by atoms with Gasteiger partial charge in [-0.3, -0.25) is 4.79 Å². The average Bonchev–Trinajstić information content (AvgIpc) is 2.56. The molecule has 0 aliphatic carbocycles. The van der Waals surface area contributed by atoms with E-state index in [1.807, 2.05) is 31.2 Å². The number of carbonyl (C=O) groups is 1. The van der Waals surface area contributed by atoms with E-state index in [1.54, 1.807) is 30.0 Å². The summed E-state index contributed by atoms with van der Waals surface area (Å²) < 4.78 is 0.741. The van der Waals surface area contributed by atoms with E-state index >= 15 is 0 Å². The van der Waals surface area contributed by atoms with E-state index in [0.29, 0.717) is 11.4 Å². The highest BCUT2D eigenvalue weighted by molar-refractivity contribution is 8.00. The van der Waals surface area contributed by atoms with Gasteiger partial charge in [0, 0.05) is 28.7 Å². The lowest BCUT2D eigenvalue weighted by atomic mass is 10.3. The van der Waals surface area contributed by atoms with Crippen LogP contribution in [0.2, 0.25) is 0 Å². The second kappa shape index (κ2) is 9.21. The molecule has 1 N–H and O–H groups in total. The number of hydrogen-bond donors (Lipinski definition) is 1. The number of anilines is 1. The van der Waals surface area contributed by atoms with Crippen LogP contribution in [0.3, 0.4) is 0 Å². The summed E-state index contributed by atoms with van der Waals surface area (Å²) >= 11 is 2.75. The Kier molecular flexibility index (Phi) is 6.97. The molecule has 0 radical (unpaired) electrons. The highest BCUT2D eigenvalue weighted by Gasteiger charge is 2.12. The van der Waals surface area contributed by atoms with Crippen LogP contribution in [0.5, 0.6) is 0 Å². The molecule has 124 valence electrons. The van der Waals surface area contributed by atoms with E-state index < -0.39 is 0 Å². The van der Waals surface area contributed by atoms with Crippen molar-refractivity contribution in [1.82, 2.24) is 0 Å². The van der Waals surface area contributed by atoms with Gasteiger partial charge in [0.2, 0.25) is 5.91 Å². The molecule has 5 nitrogen and oxygen atoms in total. The number of aromatic nitrogens is 1. The fourth-order valence-electron chi connectivity index (χ4n) is 1.91. The number of pyridine rings is 1. The van der Waals surface area contributed by atoms with Crippen molar-refractivity contribution in [2.45, 2.75) is 28.5 Å². The molecule has 1 aromatic heterocycles. The number of nitrogens with one attached hydrogen (secondary N) is 1. The molecule has 1 aromatic carbocycles. The molecule has 0 aliphatic heterocycles. The summed E-state index contributed by atoms with van der Waals surface area (Å²) in [5.41, 5.74) is 0.723. The summed E-state index contributed by atoms with van der Waals surface area (Å²) in [5, 5.41) is 23.8. The first-order chi connectivity index (χ1) is 11.6. The lowest BCUT2D eigenvalue weighted by Crippen LogP contribution is -2.28. The summed E-state index contributed by atoms with van der Waals surface area (Å²) in [4.78, 5) is 13.1. The van der Waals surface area contributed by atoms with Gasteiger partial charge in [-0.15, -0.1) is 11.8 Å². The second-order valence-corrected chi connectivity index (χ2v) is 7.46. The number of carbonyl (C=O) groups excluding carboxylic acids is 1. The number of benzene rings is 1. The molecule has 0 bridgehead atoms. The van der Waals surface area contributed by atoms with Crippen molar-refractivity contribution in [3.05, 3.63) is 53.9 Å². The zero-order valence-electron chi connectivity index (χ0n) is 13.1. The Morgan fingerprint density at radius 1 is 1.33 bits per heavy atom. The number of nitriles is 1. The molecule has 2 rings (SSSR count). The van der Waals surface area contributed by atoms with Crippen LogP contribution in [0.4, 0.5) is 5.69 Å². The van der Waals surface area contributed by atoms with Crippen LogP contribution >= 0.6 is 23.5 Å². The summed E-state index contributed by atoms with van der Waals surface area (Å²) in [7, 11) is 0. The fraction of sp³-hybridized carbons (Fsp3) is 0.235. The molecule has 1 atom stereocenters. The average molecular weight is 359 g/mol. The quantitative estimate of drug-likeness (QED) is 0.465. The third-order valence-corrected chi connectivity index (χ3v) is 5.21. The van der Waals surface area contributed by atoms with Gasteiger partial charge in [0.1, 0.15) is 0 Å². The van der Waals surface area contributed by atoms with Crippen LogP contribution in [0, 0.1) is 16.5 Å². The van der Waals surface area contributed by atoms with Gasteiger partial charge in [-0.2, -0.15) is 9.99 Å². The smallest absolute Gasteiger partial charge is 0.251 e. The third kappa shape index (κ3) is 5.48. The van der Waals surface area contributed by atoms with Crippen molar-refractivity contribution >= 4 is 35.1 Å². The van der Waals surface area contributed by atoms with Gasteiger partial charge in [0.25, 0.3) is 5.03 Å². The molecular formula is C17H17N3O2S2. The van der Waals surface area contributed by atoms with Crippen molar-refractivity contribution in [1.29, 1.82) is 5.26 Å². The molecule has 0 saturated heterocycles. The number of nitrogens with zero attached hydrogens (tertiary/aromatic N) is 2. The molecule has 7 heteroatoms. The third-order valence-electron chi connectivity index (χ3n) is 3.01. The molecule has 24 heavy (non-hydrogen) atoms. The van der Waals surface area contributed by atoms with Crippen molar-refractivity contribution in [2.24, 2.45) is 0 Å². The maximum atomic E-state index is 12.2. The zero-order chi connectivity index (χ0) is 17.4. The first-order valence-corrected chi connectivity index (χ1v) is 9.20. The molecule has 0 spiro atoms. The maximum absolute atomic E-state index is 12.2. The molecule has 0 aliphatic rings. The summed E-state index contributed by atoms with van der Waals surface area (Å²) in [6, 6.07) is 14.7. The van der Waals surface area contributed by atoms with Gasteiger partial charge >= 0.3 is 0 Å². The second-order valence-electron chi connectivity index (χ2n) is 4.99. The lowest BCUT2D eigenvalue weighted by Gasteiger charge is -2.13. The number of thioether (sulfide) groups is 2. The number of amides is 1. The first kappa shape index (κ1) is 18.2. The van der Waals surface area contributed by atoms with Gasteiger partial charge in [-0.25, -0.2) is 0 Å². The van der Waals surface area contributed by atoms with Crippen LogP contribution in [-0.2, 0) is 4.79 Å². The predicted octanol–water partition coefficient (Wildman–Crippen LogP) is 3.45. The molecule has 1 heterocycles. The zero-order valence-corrected chi connectivity index (χ0v) is 14.8. The predicted molar refractivity (Wildman–Crippen MR) is 96.7 cm³/mol. The van der Waals surface area contributed by atoms with Crippen LogP contribution in [0.1, 0.15) is 13.3 Å². The van der Waals surface area contributed by atoms with Gasteiger partial charge in [0.05, 0.1) is 17.5 Å². The highest BCUT2D eigenvalue weighted by atomic mass is 32.2. The van der Waals surface area contributed by atoms with Crippen LogP contribution in [0.15, 0.2) is 58.6 Å². The van der Waals surface area contributed by atoms with E-state index in [-0.39, 0.29) is 16.9 Å². The number of para-hydroxylation sites is 1. The van der Waals surface area contributed by atoms with Crippen LogP contribution in [-0.4, -0.2) is 16.9 Å². The van der Waals surface area contributed by atoms with E-state index in [1.165, 1.54) is 18.0 Å². The van der Waals surface area contributed by atoms with Gasteiger partial charge in [-0.05, 0) is 30.0 Å². The Labute approximate surface area is 149 Å². The minimum absolute atomic E-state index is 0.145. The monoisotopic (exact) mass is 359 g/mol. The van der Waals surface area contributed by atoms with Gasteiger partial charge < -0.3 is 10.5 Å². The Morgan fingerprint density at radius 2 is 2.08 bits per heavy atom. The minimum atomic E-state index is -0.176.